The van der Waals surface area contributed by atoms with Gasteiger partial charge < -0.3 is 14.6 Å². The number of aromatic carboxylic acids is 1. The van der Waals surface area contributed by atoms with Crippen molar-refractivity contribution in [3.8, 4) is 0 Å². The first kappa shape index (κ1) is 22.6. The molecule has 0 saturated heterocycles. The van der Waals surface area contributed by atoms with Crippen LogP contribution in [0.25, 0.3) is 10.9 Å². The summed E-state index contributed by atoms with van der Waals surface area (Å²) in [5, 5.41) is 8.98. The number of anilines is 1. The molecule has 31 heavy (non-hydrogen) atoms. The van der Waals surface area contributed by atoms with E-state index in [1.807, 2.05) is 13.8 Å². The molecule has 3 rings (SSSR count). The number of pyridine rings is 1. The fourth-order valence-corrected chi connectivity index (χ4v) is 3.82. The first-order chi connectivity index (χ1) is 14.7. The topological polar surface area (TPSA) is 78.1 Å². The fourth-order valence-electron chi connectivity index (χ4n) is 3.82. The largest absolute Gasteiger partial charge is 0.477 e. The molecule has 166 valence electrons. The molecule has 0 radical (unpaired) electrons. The first-order valence-corrected chi connectivity index (χ1v) is 10.2. The summed E-state index contributed by atoms with van der Waals surface area (Å²) in [6, 6.07) is 0.924. The number of hydrogen-bond acceptors (Lipinski definition) is 5. The van der Waals surface area contributed by atoms with Gasteiger partial charge in [-0.1, -0.05) is 13.8 Å². The molecule has 1 aromatic carbocycles. The van der Waals surface area contributed by atoms with E-state index in [1.54, 1.807) is 20.0 Å². The Kier molecular flexibility index (Phi) is 6.54. The lowest BCUT2D eigenvalue weighted by molar-refractivity contribution is 0.0695. The van der Waals surface area contributed by atoms with Crippen molar-refractivity contribution in [3.63, 3.8) is 0 Å². The molecule has 0 saturated carbocycles. The minimum absolute atomic E-state index is 0.118. The highest BCUT2D eigenvalue weighted by Gasteiger charge is 2.26. The zero-order valence-electron chi connectivity index (χ0n) is 18.1. The number of nitrogens with zero attached hydrogens (tertiary/aromatic N) is 4. The van der Waals surface area contributed by atoms with E-state index in [9.17, 15) is 14.7 Å². The number of likely N-dealkylation sites (N-methyl/N-ethyl adjacent to an activating group) is 1. The van der Waals surface area contributed by atoms with Crippen molar-refractivity contribution in [1.29, 1.82) is 0 Å². The second-order valence-corrected chi connectivity index (χ2v) is 7.44. The van der Waals surface area contributed by atoms with Crippen LogP contribution in [0.1, 0.15) is 38.1 Å². The molecule has 0 fully saturated rings. The van der Waals surface area contributed by atoms with Crippen LogP contribution >= 0.6 is 0 Å². The van der Waals surface area contributed by atoms with E-state index in [0.717, 1.165) is 25.4 Å². The lowest BCUT2D eigenvalue weighted by Crippen LogP contribution is -2.32. The number of fused-ring (bicyclic) bond motifs is 1. The average molecular weight is 432 g/mol. The van der Waals surface area contributed by atoms with E-state index in [-0.39, 0.29) is 29.7 Å². The minimum atomic E-state index is -1.44. The molecule has 1 aliphatic rings. The average Bonchev–Trinajstić information content (AvgIpc) is 2.72. The van der Waals surface area contributed by atoms with Crippen molar-refractivity contribution in [1.82, 2.24) is 9.47 Å². The van der Waals surface area contributed by atoms with Crippen LogP contribution in [0.4, 0.5) is 14.5 Å². The molecule has 1 N–H and O–H groups in total. The lowest BCUT2D eigenvalue weighted by Gasteiger charge is -2.28. The van der Waals surface area contributed by atoms with Gasteiger partial charge in [0.05, 0.1) is 23.1 Å². The van der Waals surface area contributed by atoms with E-state index in [2.05, 4.69) is 9.89 Å². The second-order valence-electron chi connectivity index (χ2n) is 7.44. The number of aliphatic imine (C=N–C) groups is 1. The third kappa shape index (κ3) is 4.23. The van der Waals surface area contributed by atoms with Crippen LogP contribution in [0, 0.1) is 11.6 Å². The maximum absolute atomic E-state index is 15.7. The third-order valence-electron chi connectivity index (χ3n) is 5.41. The summed E-state index contributed by atoms with van der Waals surface area (Å²) < 4.78 is 32.1. The van der Waals surface area contributed by atoms with Gasteiger partial charge in [-0.15, -0.1) is 0 Å². The number of rotatable bonds is 7. The summed E-state index contributed by atoms with van der Waals surface area (Å²) in [5.41, 5.74) is -0.455. The molecule has 0 atom stereocenters. The Morgan fingerprint density at radius 3 is 2.52 bits per heavy atom. The number of carbonyl (C=O) groups is 1. The van der Waals surface area contributed by atoms with Gasteiger partial charge in [-0.3, -0.25) is 14.7 Å². The number of aromatic nitrogens is 1. The Morgan fingerprint density at radius 1 is 1.26 bits per heavy atom. The van der Waals surface area contributed by atoms with Crippen molar-refractivity contribution < 1.29 is 18.7 Å². The van der Waals surface area contributed by atoms with Crippen LogP contribution in [-0.4, -0.2) is 52.4 Å². The number of aryl methyl sites for hydroxylation is 1. The molecule has 1 aromatic heterocycles. The van der Waals surface area contributed by atoms with Gasteiger partial charge in [-0.25, -0.2) is 13.6 Å². The van der Waals surface area contributed by atoms with Gasteiger partial charge in [0.25, 0.3) is 0 Å². The Bertz CT molecular complexity index is 1150. The zero-order valence-corrected chi connectivity index (χ0v) is 18.1. The van der Waals surface area contributed by atoms with E-state index < -0.39 is 28.6 Å². The highest BCUT2D eigenvalue weighted by Crippen LogP contribution is 2.31. The minimum Gasteiger partial charge on any atom is -0.477 e. The quantitative estimate of drug-likeness (QED) is 0.725. The van der Waals surface area contributed by atoms with Crippen LogP contribution in [0.3, 0.4) is 0 Å². The normalized spacial score (nSPS) is 14.2. The molecule has 7 nitrogen and oxygen atoms in total. The van der Waals surface area contributed by atoms with Gasteiger partial charge in [0, 0.05) is 31.2 Å². The van der Waals surface area contributed by atoms with Crippen LogP contribution in [0.15, 0.2) is 33.9 Å². The summed E-state index contributed by atoms with van der Waals surface area (Å²) in [6.45, 7) is 10.1. The standard InChI is InChI=1S/C22H26F2N4O3/c1-5-26(6-2)10-14-11-28(9-13(4)25-14)20-17(23)8-15-19(18(20)24)27(7-3)12-16(21(15)29)22(30)31/h8,11-12H,5-7,9-10H2,1-4H3,(H,30,31). The highest BCUT2D eigenvalue weighted by atomic mass is 19.1. The van der Waals surface area contributed by atoms with Crippen molar-refractivity contribution >= 4 is 28.3 Å². The molecule has 9 heteroatoms. The predicted molar refractivity (Wildman–Crippen MR) is 117 cm³/mol. The number of halogens is 2. The van der Waals surface area contributed by atoms with Crippen molar-refractivity contribution in [2.24, 2.45) is 4.99 Å². The van der Waals surface area contributed by atoms with Crippen LogP contribution < -0.4 is 10.3 Å². The SMILES string of the molecule is CCN(CC)CC1=CN(c2c(F)cc3c(=O)c(C(=O)O)cn(CC)c3c2F)CC(C)=N1. The predicted octanol–water partition coefficient (Wildman–Crippen LogP) is 3.46. The van der Waals surface area contributed by atoms with Gasteiger partial charge >= 0.3 is 5.97 Å². The first-order valence-electron chi connectivity index (χ1n) is 10.2. The third-order valence-corrected chi connectivity index (χ3v) is 5.41. The molecular formula is C22H26F2N4O3. The van der Waals surface area contributed by atoms with E-state index in [0.29, 0.717) is 18.0 Å². The number of carboxylic acids is 1. The molecule has 0 aliphatic carbocycles. The summed E-state index contributed by atoms with van der Waals surface area (Å²) in [4.78, 5) is 32.1. The van der Waals surface area contributed by atoms with Crippen molar-refractivity contribution in [2.75, 3.05) is 31.1 Å². The second kappa shape index (κ2) is 8.97. The van der Waals surface area contributed by atoms with Crippen LogP contribution in [0.5, 0.6) is 0 Å². The maximum Gasteiger partial charge on any atom is 0.341 e. The number of carboxylic acid groups (broad SMARTS) is 1. The van der Waals surface area contributed by atoms with Crippen LogP contribution in [-0.2, 0) is 6.54 Å². The van der Waals surface area contributed by atoms with E-state index in [1.165, 1.54) is 9.47 Å². The fraction of sp³-hybridized carbons (Fsp3) is 0.409. The Labute approximate surface area is 178 Å². The molecule has 2 aromatic rings. The Morgan fingerprint density at radius 2 is 1.94 bits per heavy atom. The molecule has 0 spiro atoms. The van der Waals surface area contributed by atoms with Gasteiger partial charge in [-0.2, -0.15) is 0 Å². The molecule has 1 aliphatic heterocycles. The lowest BCUT2D eigenvalue weighted by atomic mass is 10.1. The molecular weight excluding hydrogens is 406 g/mol. The van der Waals surface area contributed by atoms with Crippen molar-refractivity contribution in [3.05, 3.63) is 51.6 Å². The van der Waals surface area contributed by atoms with Crippen molar-refractivity contribution in [2.45, 2.75) is 34.2 Å². The van der Waals surface area contributed by atoms with Crippen LogP contribution in [0.2, 0.25) is 0 Å². The molecule has 0 amide bonds. The van der Waals surface area contributed by atoms with Gasteiger partial charge in [0.15, 0.2) is 11.6 Å². The summed E-state index contributed by atoms with van der Waals surface area (Å²) in [7, 11) is 0. The summed E-state index contributed by atoms with van der Waals surface area (Å²) in [5.74, 6) is -3.27. The maximum atomic E-state index is 15.7. The van der Waals surface area contributed by atoms with Gasteiger partial charge in [0.2, 0.25) is 5.43 Å². The molecule has 2 heterocycles. The van der Waals surface area contributed by atoms with E-state index in [4.69, 9.17) is 0 Å². The Balaban J connectivity index is 2.20. The van der Waals surface area contributed by atoms with E-state index >= 15 is 8.78 Å². The van der Waals surface area contributed by atoms with Gasteiger partial charge in [0.1, 0.15) is 11.3 Å². The highest BCUT2D eigenvalue weighted by molar-refractivity contribution is 5.95. The molecule has 0 bridgehead atoms. The smallest absolute Gasteiger partial charge is 0.341 e. The number of benzene rings is 1. The number of hydrogen-bond donors (Lipinski definition) is 1. The Hall–Kier alpha value is -3.07. The van der Waals surface area contributed by atoms with Gasteiger partial charge in [-0.05, 0) is 33.0 Å². The monoisotopic (exact) mass is 432 g/mol. The summed E-state index contributed by atoms with van der Waals surface area (Å²) >= 11 is 0. The summed E-state index contributed by atoms with van der Waals surface area (Å²) in [6.07, 6.45) is 2.72. The molecule has 0 unspecified atom stereocenters. The zero-order chi connectivity index (χ0) is 22.9.